The fourth-order valence-electron chi connectivity index (χ4n) is 2.18. The van der Waals surface area contributed by atoms with Gasteiger partial charge in [0, 0.05) is 17.7 Å². The molecule has 0 radical (unpaired) electrons. The second kappa shape index (κ2) is 7.81. The Morgan fingerprint density at radius 1 is 1.39 bits per heavy atom. The largest absolute Gasteiger partial charge is 0.396 e. The maximum Gasteiger partial charge on any atom is 0.292 e. The molecule has 1 aromatic heterocycles. The van der Waals surface area contributed by atoms with Gasteiger partial charge in [0.25, 0.3) is 5.56 Å². The molecular weight excluding hydrogens is 337 g/mol. The number of nitrogens with zero attached hydrogens (tertiary/aromatic N) is 2. The van der Waals surface area contributed by atoms with E-state index in [0.29, 0.717) is 22.8 Å². The molecule has 0 saturated heterocycles. The Labute approximate surface area is 144 Å². The van der Waals surface area contributed by atoms with Crippen LogP contribution in [0.4, 0.5) is 5.69 Å². The zero-order valence-corrected chi connectivity index (χ0v) is 14.5. The molecule has 0 spiro atoms. The minimum Gasteiger partial charge on any atom is -0.396 e. The molecule has 5 nitrogen and oxygen atoms in total. The number of halogens is 2. The lowest BCUT2D eigenvalue weighted by Gasteiger charge is -2.18. The van der Waals surface area contributed by atoms with Crippen molar-refractivity contribution in [3.63, 3.8) is 0 Å². The van der Waals surface area contributed by atoms with E-state index < -0.39 is 5.56 Å². The number of hydrogen-bond acceptors (Lipinski definition) is 4. The standard InChI is InChI=1S/C16H19Cl2N3O2/c1-3-11(6-7-22)20-14-9-19-21(16(23)15(14)18)12-5-4-10(2)13(17)8-12/h4-5,8-9,11,20,22H,3,6-7H2,1-2H3. The SMILES string of the molecule is CCC(CCO)Nc1cnn(-c2ccc(C)c(Cl)c2)c(=O)c1Cl. The van der Waals surface area contributed by atoms with Gasteiger partial charge in [-0.05, 0) is 37.5 Å². The summed E-state index contributed by atoms with van der Waals surface area (Å²) in [5.74, 6) is 0. The van der Waals surface area contributed by atoms with E-state index in [1.807, 2.05) is 19.9 Å². The van der Waals surface area contributed by atoms with Crippen molar-refractivity contribution < 1.29 is 5.11 Å². The van der Waals surface area contributed by atoms with Crippen molar-refractivity contribution in [1.29, 1.82) is 0 Å². The van der Waals surface area contributed by atoms with Gasteiger partial charge in [0.05, 0.1) is 17.6 Å². The van der Waals surface area contributed by atoms with Crippen molar-refractivity contribution in [2.24, 2.45) is 0 Å². The molecular formula is C16H19Cl2N3O2. The lowest BCUT2D eigenvalue weighted by Crippen LogP contribution is -2.26. The highest BCUT2D eigenvalue weighted by molar-refractivity contribution is 6.33. The average Bonchev–Trinajstić information content (AvgIpc) is 2.54. The normalized spacial score (nSPS) is 12.2. The fourth-order valence-corrected chi connectivity index (χ4v) is 2.54. The van der Waals surface area contributed by atoms with Crippen LogP contribution in [0.3, 0.4) is 0 Å². The molecule has 0 fully saturated rings. The van der Waals surface area contributed by atoms with Gasteiger partial charge in [0.15, 0.2) is 0 Å². The van der Waals surface area contributed by atoms with Crippen molar-refractivity contribution in [1.82, 2.24) is 9.78 Å². The molecule has 7 heteroatoms. The van der Waals surface area contributed by atoms with Crippen LogP contribution >= 0.6 is 23.2 Å². The number of benzene rings is 1. The Bertz CT molecular complexity index is 747. The van der Waals surface area contributed by atoms with Crippen molar-refractivity contribution >= 4 is 28.9 Å². The Balaban J connectivity index is 2.37. The van der Waals surface area contributed by atoms with Gasteiger partial charge in [-0.2, -0.15) is 9.78 Å². The van der Waals surface area contributed by atoms with Crippen LogP contribution in [0.25, 0.3) is 5.69 Å². The summed E-state index contributed by atoms with van der Waals surface area (Å²) < 4.78 is 1.21. The molecule has 1 atom stereocenters. The number of hydrogen-bond donors (Lipinski definition) is 2. The van der Waals surface area contributed by atoms with Gasteiger partial charge in [-0.15, -0.1) is 0 Å². The molecule has 0 amide bonds. The molecule has 2 N–H and O–H groups in total. The monoisotopic (exact) mass is 355 g/mol. The third-order valence-electron chi connectivity index (χ3n) is 3.65. The molecule has 124 valence electrons. The van der Waals surface area contributed by atoms with Crippen LogP contribution in [0.2, 0.25) is 10.0 Å². The van der Waals surface area contributed by atoms with Gasteiger partial charge in [-0.3, -0.25) is 4.79 Å². The zero-order chi connectivity index (χ0) is 17.0. The topological polar surface area (TPSA) is 67.2 Å². The first-order valence-corrected chi connectivity index (χ1v) is 8.15. The minimum absolute atomic E-state index is 0.0309. The van der Waals surface area contributed by atoms with Gasteiger partial charge in [0.1, 0.15) is 5.02 Å². The van der Waals surface area contributed by atoms with E-state index in [2.05, 4.69) is 10.4 Å². The van der Waals surface area contributed by atoms with Crippen LogP contribution in [0.1, 0.15) is 25.3 Å². The summed E-state index contributed by atoms with van der Waals surface area (Å²) in [4.78, 5) is 12.4. The summed E-state index contributed by atoms with van der Waals surface area (Å²) in [6, 6.07) is 5.29. The smallest absolute Gasteiger partial charge is 0.292 e. The summed E-state index contributed by atoms with van der Waals surface area (Å²) in [6.07, 6.45) is 2.88. The molecule has 0 saturated carbocycles. The zero-order valence-electron chi connectivity index (χ0n) is 13.0. The van der Waals surface area contributed by atoms with Crippen molar-refractivity contribution in [3.8, 4) is 5.69 Å². The highest BCUT2D eigenvalue weighted by Gasteiger charge is 2.14. The summed E-state index contributed by atoms with van der Waals surface area (Å²) in [5.41, 5.74) is 1.52. The van der Waals surface area contributed by atoms with Crippen LogP contribution < -0.4 is 10.9 Å². The van der Waals surface area contributed by atoms with E-state index in [1.165, 1.54) is 10.9 Å². The summed E-state index contributed by atoms with van der Waals surface area (Å²) in [6.45, 7) is 3.94. The van der Waals surface area contributed by atoms with Crippen LogP contribution in [0.5, 0.6) is 0 Å². The summed E-state index contributed by atoms with van der Waals surface area (Å²) in [5, 5.41) is 17.0. The Kier molecular flexibility index (Phi) is 6.04. The third kappa shape index (κ3) is 4.05. The number of rotatable bonds is 6. The molecule has 0 aliphatic heterocycles. The molecule has 23 heavy (non-hydrogen) atoms. The van der Waals surface area contributed by atoms with Crippen molar-refractivity contribution in [3.05, 3.63) is 50.4 Å². The first kappa shape index (κ1) is 17.8. The molecule has 0 aliphatic carbocycles. The second-order valence-corrected chi connectivity index (χ2v) is 6.07. The third-order valence-corrected chi connectivity index (χ3v) is 4.42. The van der Waals surface area contributed by atoms with Gasteiger partial charge in [0.2, 0.25) is 0 Å². The molecule has 2 rings (SSSR count). The van der Waals surface area contributed by atoms with E-state index in [1.54, 1.807) is 12.1 Å². The summed E-state index contributed by atoms with van der Waals surface area (Å²) >= 11 is 12.3. The van der Waals surface area contributed by atoms with Crippen LogP contribution in [0, 0.1) is 6.92 Å². The predicted molar refractivity (Wildman–Crippen MR) is 94.0 cm³/mol. The summed E-state index contributed by atoms with van der Waals surface area (Å²) in [7, 11) is 0. The number of nitrogens with one attached hydrogen (secondary N) is 1. The highest BCUT2D eigenvalue weighted by atomic mass is 35.5. The molecule has 2 aromatic rings. The van der Waals surface area contributed by atoms with Crippen LogP contribution in [0.15, 0.2) is 29.2 Å². The Hall–Kier alpha value is -1.56. The van der Waals surface area contributed by atoms with E-state index in [0.717, 1.165) is 12.0 Å². The Morgan fingerprint density at radius 2 is 2.13 bits per heavy atom. The molecule has 1 heterocycles. The highest BCUT2D eigenvalue weighted by Crippen LogP contribution is 2.21. The molecule has 0 aliphatic rings. The fraction of sp³-hybridized carbons (Fsp3) is 0.375. The van der Waals surface area contributed by atoms with Gasteiger partial charge >= 0.3 is 0 Å². The number of anilines is 1. The number of aliphatic hydroxyl groups excluding tert-OH is 1. The van der Waals surface area contributed by atoms with Gasteiger partial charge < -0.3 is 10.4 Å². The minimum atomic E-state index is -0.421. The van der Waals surface area contributed by atoms with Crippen LogP contribution in [-0.4, -0.2) is 27.5 Å². The van der Waals surface area contributed by atoms with Crippen LogP contribution in [-0.2, 0) is 0 Å². The quantitative estimate of drug-likeness (QED) is 0.832. The molecule has 1 unspecified atom stereocenters. The predicted octanol–water partition coefficient (Wildman–Crippen LogP) is 3.42. The number of aryl methyl sites for hydroxylation is 1. The van der Waals surface area contributed by atoms with Gasteiger partial charge in [-0.1, -0.05) is 36.2 Å². The van der Waals surface area contributed by atoms with Crippen molar-refractivity contribution in [2.75, 3.05) is 11.9 Å². The van der Waals surface area contributed by atoms with E-state index >= 15 is 0 Å². The van der Waals surface area contributed by atoms with E-state index in [4.69, 9.17) is 28.3 Å². The molecule has 1 aromatic carbocycles. The van der Waals surface area contributed by atoms with Crippen molar-refractivity contribution in [2.45, 2.75) is 32.7 Å². The van der Waals surface area contributed by atoms with Gasteiger partial charge in [-0.25, -0.2) is 0 Å². The number of aromatic nitrogens is 2. The lowest BCUT2D eigenvalue weighted by molar-refractivity contribution is 0.278. The molecule has 0 bridgehead atoms. The first-order valence-electron chi connectivity index (χ1n) is 7.39. The second-order valence-electron chi connectivity index (χ2n) is 5.28. The average molecular weight is 356 g/mol. The van der Waals surface area contributed by atoms with E-state index in [-0.39, 0.29) is 17.7 Å². The van der Waals surface area contributed by atoms with E-state index in [9.17, 15) is 4.79 Å². The number of aliphatic hydroxyl groups is 1. The lowest BCUT2D eigenvalue weighted by atomic mass is 10.1. The maximum atomic E-state index is 12.4. The maximum absolute atomic E-state index is 12.4. The first-order chi connectivity index (χ1) is 11.0. The Morgan fingerprint density at radius 3 is 2.74 bits per heavy atom.